The highest BCUT2D eigenvalue weighted by atomic mass is 35.5. The second-order valence-corrected chi connectivity index (χ2v) is 4.78. The fourth-order valence-electron chi connectivity index (χ4n) is 1.69. The van der Waals surface area contributed by atoms with Crippen LogP contribution in [0.3, 0.4) is 0 Å². The molecule has 0 saturated heterocycles. The summed E-state index contributed by atoms with van der Waals surface area (Å²) in [5.41, 5.74) is 0.710. The van der Waals surface area contributed by atoms with E-state index in [-0.39, 0.29) is 5.75 Å². The number of hydrogen-bond acceptors (Lipinski definition) is 3. The maximum atomic E-state index is 10.8. The van der Waals surface area contributed by atoms with Gasteiger partial charge in [0.1, 0.15) is 5.75 Å². The highest BCUT2D eigenvalue weighted by molar-refractivity contribution is 6.30. The van der Waals surface area contributed by atoms with E-state index in [0.29, 0.717) is 30.2 Å². The SMILES string of the molecule is CCN(Cc1cc(Cl)ccc1O)CC(C)C(=O)O. The average Bonchev–Trinajstić information content (AvgIpc) is 2.32. The van der Waals surface area contributed by atoms with Crippen LogP contribution in [0.5, 0.6) is 5.75 Å². The molecule has 18 heavy (non-hydrogen) atoms. The average molecular weight is 272 g/mol. The monoisotopic (exact) mass is 271 g/mol. The Morgan fingerprint density at radius 1 is 1.50 bits per heavy atom. The Balaban J connectivity index is 2.73. The van der Waals surface area contributed by atoms with Crippen molar-refractivity contribution in [2.75, 3.05) is 13.1 Å². The number of phenols is 1. The van der Waals surface area contributed by atoms with Crippen LogP contribution >= 0.6 is 11.6 Å². The molecule has 0 aliphatic carbocycles. The Morgan fingerprint density at radius 3 is 2.72 bits per heavy atom. The lowest BCUT2D eigenvalue weighted by Crippen LogP contribution is -2.31. The Kier molecular flexibility index (Phi) is 5.44. The lowest BCUT2D eigenvalue weighted by molar-refractivity contribution is -0.141. The molecular formula is C13H18ClNO3. The predicted molar refractivity (Wildman–Crippen MR) is 70.9 cm³/mol. The second kappa shape index (κ2) is 6.61. The summed E-state index contributed by atoms with van der Waals surface area (Å²) in [6.07, 6.45) is 0. The summed E-state index contributed by atoms with van der Waals surface area (Å²) in [7, 11) is 0. The van der Waals surface area contributed by atoms with Crippen molar-refractivity contribution >= 4 is 17.6 Å². The molecule has 0 bridgehead atoms. The van der Waals surface area contributed by atoms with Crippen LogP contribution in [0, 0.1) is 5.92 Å². The third-order valence-electron chi connectivity index (χ3n) is 2.84. The van der Waals surface area contributed by atoms with Gasteiger partial charge < -0.3 is 10.2 Å². The van der Waals surface area contributed by atoms with Crippen molar-refractivity contribution in [3.05, 3.63) is 28.8 Å². The number of carboxylic acid groups (broad SMARTS) is 1. The molecule has 1 atom stereocenters. The van der Waals surface area contributed by atoms with Crippen LogP contribution in [0.25, 0.3) is 0 Å². The summed E-state index contributed by atoms with van der Waals surface area (Å²) in [4.78, 5) is 12.8. The first-order chi connectivity index (χ1) is 8.43. The van der Waals surface area contributed by atoms with E-state index in [9.17, 15) is 9.90 Å². The van der Waals surface area contributed by atoms with Crippen LogP contribution in [-0.2, 0) is 11.3 Å². The third-order valence-corrected chi connectivity index (χ3v) is 3.07. The first kappa shape index (κ1) is 14.8. The maximum Gasteiger partial charge on any atom is 0.307 e. The minimum atomic E-state index is -0.816. The van der Waals surface area contributed by atoms with Gasteiger partial charge in [-0.1, -0.05) is 25.4 Å². The Hall–Kier alpha value is -1.26. The molecule has 0 amide bonds. The normalized spacial score (nSPS) is 12.7. The number of rotatable bonds is 6. The van der Waals surface area contributed by atoms with Crippen LogP contribution in [0.2, 0.25) is 5.02 Å². The number of nitrogens with zero attached hydrogens (tertiary/aromatic N) is 1. The Labute approximate surface area is 112 Å². The van der Waals surface area contributed by atoms with Crippen molar-refractivity contribution in [3.63, 3.8) is 0 Å². The van der Waals surface area contributed by atoms with Gasteiger partial charge in [-0.15, -0.1) is 0 Å². The summed E-state index contributed by atoms with van der Waals surface area (Å²) in [6, 6.07) is 4.87. The van der Waals surface area contributed by atoms with Gasteiger partial charge in [0.2, 0.25) is 0 Å². The minimum Gasteiger partial charge on any atom is -0.508 e. The Morgan fingerprint density at radius 2 is 2.17 bits per heavy atom. The van der Waals surface area contributed by atoms with Crippen LogP contribution in [0.4, 0.5) is 0 Å². The van der Waals surface area contributed by atoms with Crippen molar-refractivity contribution in [2.45, 2.75) is 20.4 Å². The zero-order valence-corrected chi connectivity index (χ0v) is 11.3. The number of aliphatic carboxylic acids is 1. The van der Waals surface area contributed by atoms with Gasteiger partial charge in [0.15, 0.2) is 0 Å². The zero-order chi connectivity index (χ0) is 13.7. The molecule has 0 fully saturated rings. The van der Waals surface area contributed by atoms with E-state index in [1.807, 2.05) is 11.8 Å². The summed E-state index contributed by atoms with van der Waals surface area (Å²) >= 11 is 5.88. The molecule has 0 heterocycles. The molecule has 5 heteroatoms. The summed E-state index contributed by atoms with van der Waals surface area (Å²) < 4.78 is 0. The molecule has 1 aromatic carbocycles. The highest BCUT2D eigenvalue weighted by Crippen LogP contribution is 2.23. The molecule has 0 spiro atoms. The molecule has 0 saturated carbocycles. The number of carbonyl (C=O) groups is 1. The predicted octanol–water partition coefficient (Wildman–Crippen LogP) is 2.59. The molecule has 100 valence electrons. The summed E-state index contributed by atoms with van der Waals surface area (Å²) in [5.74, 6) is -1.07. The first-order valence-corrected chi connectivity index (χ1v) is 6.24. The van der Waals surface area contributed by atoms with E-state index in [4.69, 9.17) is 16.7 Å². The lowest BCUT2D eigenvalue weighted by atomic mass is 10.1. The molecular weight excluding hydrogens is 254 g/mol. The fourth-order valence-corrected chi connectivity index (χ4v) is 1.89. The molecule has 0 radical (unpaired) electrons. The van der Waals surface area contributed by atoms with Crippen LogP contribution in [0.15, 0.2) is 18.2 Å². The quantitative estimate of drug-likeness (QED) is 0.835. The van der Waals surface area contributed by atoms with Gasteiger partial charge in [-0.2, -0.15) is 0 Å². The third kappa shape index (κ3) is 4.20. The van der Waals surface area contributed by atoms with Gasteiger partial charge in [-0.3, -0.25) is 9.69 Å². The van der Waals surface area contributed by atoms with Gasteiger partial charge >= 0.3 is 5.97 Å². The van der Waals surface area contributed by atoms with Gasteiger partial charge in [0.25, 0.3) is 0 Å². The molecule has 0 aliphatic rings. The molecule has 2 N–H and O–H groups in total. The van der Waals surface area contributed by atoms with E-state index in [0.717, 1.165) is 0 Å². The van der Waals surface area contributed by atoms with E-state index < -0.39 is 11.9 Å². The Bertz CT molecular complexity index is 423. The number of carboxylic acids is 1. The van der Waals surface area contributed by atoms with Crippen LogP contribution < -0.4 is 0 Å². The van der Waals surface area contributed by atoms with Gasteiger partial charge in [-0.05, 0) is 24.7 Å². The zero-order valence-electron chi connectivity index (χ0n) is 10.6. The highest BCUT2D eigenvalue weighted by Gasteiger charge is 2.16. The molecule has 0 aliphatic heterocycles. The number of halogens is 1. The van der Waals surface area contributed by atoms with Crippen molar-refractivity contribution in [2.24, 2.45) is 5.92 Å². The molecule has 1 aromatic rings. The largest absolute Gasteiger partial charge is 0.508 e. The van der Waals surface area contributed by atoms with Crippen LogP contribution in [-0.4, -0.2) is 34.2 Å². The number of hydrogen-bond donors (Lipinski definition) is 2. The second-order valence-electron chi connectivity index (χ2n) is 4.34. The molecule has 1 unspecified atom stereocenters. The minimum absolute atomic E-state index is 0.181. The fraction of sp³-hybridized carbons (Fsp3) is 0.462. The number of phenolic OH excluding ortho intramolecular Hbond substituents is 1. The maximum absolute atomic E-state index is 10.8. The van der Waals surface area contributed by atoms with E-state index in [2.05, 4.69) is 0 Å². The summed E-state index contributed by atoms with van der Waals surface area (Å²) in [5, 5.41) is 19.2. The van der Waals surface area contributed by atoms with Gasteiger partial charge in [0.05, 0.1) is 5.92 Å². The van der Waals surface area contributed by atoms with Crippen molar-refractivity contribution in [3.8, 4) is 5.75 Å². The van der Waals surface area contributed by atoms with Crippen molar-refractivity contribution in [1.29, 1.82) is 0 Å². The molecule has 1 rings (SSSR count). The number of aromatic hydroxyl groups is 1. The lowest BCUT2D eigenvalue weighted by Gasteiger charge is -2.23. The van der Waals surface area contributed by atoms with E-state index in [1.165, 1.54) is 0 Å². The standard InChI is InChI=1S/C13H18ClNO3/c1-3-15(7-9(2)13(17)18)8-10-6-11(14)4-5-12(10)16/h4-6,9,16H,3,7-8H2,1-2H3,(H,17,18). The van der Waals surface area contributed by atoms with Gasteiger partial charge in [-0.25, -0.2) is 0 Å². The van der Waals surface area contributed by atoms with Crippen molar-refractivity contribution in [1.82, 2.24) is 4.90 Å². The summed E-state index contributed by atoms with van der Waals surface area (Å²) in [6.45, 7) is 5.26. The van der Waals surface area contributed by atoms with Gasteiger partial charge in [0, 0.05) is 23.7 Å². The molecule has 4 nitrogen and oxygen atoms in total. The first-order valence-electron chi connectivity index (χ1n) is 5.86. The smallest absolute Gasteiger partial charge is 0.307 e. The number of benzene rings is 1. The molecule has 0 aromatic heterocycles. The topological polar surface area (TPSA) is 60.8 Å². The van der Waals surface area contributed by atoms with Crippen molar-refractivity contribution < 1.29 is 15.0 Å². The van der Waals surface area contributed by atoms with E-state index >= 15 is 0 Å². The van der Waals surface area contributed by atoms with Crippen LogP contribution in [0.1, 0.15) is 19.4 Å². The van der Waals surface area contributed by atoms with E-state index in [1.54, 1.807) is 25.1 Å².